The van der Waals surface area contributed by atoms with Gasteiger partial charge in [-0.3, -0.25) is 4.79 Å². The van der Waals surface area contributed by atoms with Gasteiger partial charge in [0.25, 0.3) is 0 Å². The molecule has 8 nitrogen and oxygen atoms in total. The van der Waals surface area contributed by atoms with Gasteiger partial charge in [0.05, 0.1) is 5.69 Å². The lowest BCUT2D eigenvalue weighted by Gasteiger charge is -2.16. The van der Waals surface area contributed by atoms with Crippen molar-refractivity contribution < 1.29 is 4.79 Å². The number of rotatable bonds is 5. The summed E-state index contributed by atoms with van der Waals surface area (Å²) in [6.45, 7) is 1.55. The number of nitrogens with two attached hydrogens (primary N) is 1. The lowest BCUT2D eigenvalue weighted by Crippen LogP contribution is -2.30. The molecule has 1 unspecified atom stereocenters. The molecule has 3 aromatic rings. The van der Waals surface area contributed by atoms with E-state index in [-0.39, 0.29) is 11.6 Å². The smallest absolute Gasteiger partial charge is 0.347 e. The molecule has 1 saturated carbocycles. The lowest BCUT2D eigenvalue weighted by molar-refractivity contribution is -0.131. The first kappa shape index (κ1) is 18.6. The number of hydrogen-bond donors (Lipinski definition) is 2. The summed E-state index contributed by atoms with van der Waals surface area (Å²) in [5.74, 6) is 2.05. The summed E-state index contributed by atoms with van der Waals surface area (Å²) < 4.78 is 1.62. The molecule has 0 radical (unpaired) electrons. The Bertz CT molecular complexity index is 1110. The van der Waals surface area contributed by atoms with Crippen molar-refractivity contribution in [3.63, 3.8) is 0 Å². The molecule has 3 N–H and O–H groups in total. The first-order valence-corrected chi connectivity index (χ1v) is 10.4. The largest absolute Gasteiger partial charge is 0.384 e. The number of amides is 1. The topological polar surface area (TPSA) is 110 Å². The summed E-state index contributed by atoms with van der Waals surface area (Å²) in [6, 6.07) is 11.4. The van der Waals surface area contributed by atoms with E-state index in [1.165, 1.54) is 0 Å². The van der Waals surface area contributed by atoms with Crippen molar-refractivity contribution >= 4 is 11.7 Å². The maximum atomic E-state index is 12.4. The van der Waals surface area contributed by atoms with Gasteiger partial charge in [0.15, 0.2) is 0 Å². The number of nitrogen functional groups attached to an aromatic ring is 1. The van der Waals surface area contributed by atoms with Crippen LogP contribution in [0, 0.1) is 11.8 Å². The van der Waals surface area contributed by atoms with Gasteiger partial charge >= 0.3 is 5.69 Å². The van der Waals surface area contributed by atoms with Crippen LogP contribution >= 0.6 is 0 Å². The van der Waals surface area contributed by atoms with Crippen molar-refractivity contribution in [1.82, 2.24) is 24.6 Å². The Morgan fingerprint density at radius 3 is 2.57 bits per heavy atom. The quantitative estimate of drug-likeness (QED) is 0.676. The second kappa shape index (κ2) is 7.44. The predicted octanol–water partition coefficient (Wildman–Crippen LogP) is 2.01. The number of aromatic nitrogens is 4. The minimum Gasteiger partial charge on any atom is -0.384 e. The summed E-state index contributed by atoms with van der Waals surface area (Å²) in [4.78, 5) is 30.8. The maximum Gasteiger partial charge on any atom is 0.347 e. The number of nitrogens with zero attached hydrogens (tertiary/aromatic N) is 4. The van der Waals surface area contributed by atoms with E-state index in [1.807, 2.05) is 35.2 Å². The van der Waals surface area contributed by atoms with Crippen molar-refractivity contribution in [1.29, 1.82) is 0 Å². The monoisotopic (exact) mass is 404 g/mol. The van der Waals surface area contributed by atoms with Crippen LogP contribution in [-0.2, 0) is 11.2 Å². The fraction of sp³-hybridized carbons (Fsp3) is 0.364. The number of hydrogen-bond acceptors (Lipinski definition) is 5. The molecule has 30 heavy (non-hydrogen) atoms. The zero-order valence-electron chi connectivity index (χ0n) is 16.6. The molecule has 2 aliphatic rings. The molecule has 1 saturated heterocycles. The average molecular weight is 404 g/mol. The molecule has 3 heterocycles. The highest BCUT2D eigenvalue weighted by molar-refractivity contribution is 5.81. The van der Waals surface area contributed by atoms with E-state index >= 15 is 0 Å². The number of anilines is 1. The van der Waals surface area contributed by atoms with Gasteiger partial charge in [0, 0.05) is 37.2 Å². The minimum absolute atomic E-state index is 0.252. The van der Waals surface area contributed by atoms with E-state index in [9.17, 15) is 9.59 Å². The summed E-state index contributed by atoms with van der Waals surface area (Å²) in [7, 11) is 0. The Balaban J connectivity index is 1.33. The third kappa shape index (κ3) is 3.60. The Morgan fingerprint density at radius 2 is 1.87 bits per heavy atom. The number of likely N-dealkylation sites (tertiary alicyclic amines) is 1. The van der Waals surface area contributed by atoms with Crippen molar-refractivity contribution in [3.8, 4) is 16.8 Å². The Kier molecular flexibility index (Phi) is 4.61. The molecule has 2 fully saturated rings. The van der Waals surface area contributed by atoms with Crippen LogP contribution in [0.5, 0.6) is 0 Å². The number of nitrogens with one attached hydrogen (secondary N) is 1. The Morgan fingerprint density at radius 1 is 1.10 bits per heavy atom. The van der Waals surface area contributed by atoms with E-state index in [1.54, 1.807) is 16.8 Å². The normalized spacial score (nSPS) is 18.7. The summed E-state index contributed by atoms with van der Waals surface area (Å²) >= 11 is 0. The van der Waals surface area contributed by atoms with E-state index in [4.69, 9.17) is 5.73 Å². The molecular weight excluding hydrogens is 380 g/mol. The Hall–Kier alpha value is -3.42. The second-order valence-electron chi connectivity index (χ2n) is 8.22. The zero-order valence-corrected chi connectivity index (χ0v) is 16.6. The lowest BCUT2D eigenvalue weighted by atomic mass is 10.0. The van der Waals surface area contributed by atoms with Crippen LogP contribution in [0.15, 0.2) is 47.4 Å². The van der Waals surface area contributed by atoms with E-state index < -0.39 is 0 Å². The average Bonchev–Trinajstić information content (AvgIpc) is 3.41. The van der Waals surface area contributed by atoms with Gasteiger partial charge in [-0.2, -0.15) is 5.10 Å². The SMILES string of the molecule is Nc1ccc(-c2ccc(-n3c(CC4CCN(C(=O)C5CC5)C4)n[nH]c3=O)cc2)cn1. The van der Waals surface area contributed by atoms with Crippen molar-refractivity contribution in [2.75, 3.05) is 18.8 Å². The second-order valence-corrected chi connectivity index (χ2v) is 8.22. The van der Waals surface area contributed by atoms with Gasteiger partial charge in [-0.05, 0) is 55.0 Å². The van der Waals surface area contributed by atoms with Gasteiger partial charge in [0.2, 0.25) is 5.91 Å². The molecule has 8 heteroatoms. The van der Waals surface area contributed by atoms with Crippen LogP contribution < -0.4 is 11.4 Å². The molecule has 1 atom stereocenters. The summed E-state index contributed by atoms with van der Waals surface area (Å²) in [5.41, 5.74) is 8.12. The molecule has 154 valence electrons. The molecule has 5 rings (SSSR count). The van der Waals surface area contributed by atoms with Crippen molar-refractivity contribution in [3.05, 3.63) is 58.9 Å². The van der Waals surface area contributed by atoms with E-state index in [0.717, 1.165) is 49.2 Å². The third-order valence-corrected chi connectivity index (χ3v) is 5.98. The van der Waals surface area contributed by atoms with Gasteiger partial charge in [-0.25, -0.2) is 19.4 Å². The highest BCUT2D eigenvalue weighted by Crippen LogP contribution is 2.33. The number of carbonyl (C=O) groups excluding carboxylic acids is 1. The molecule has 2 aromatic heterocycles. The maximum absolute atomic E-state index is 12.4. The zero-order chi connectivity index (χ0) is 20.7. The molecular formula is C22H24N6O2. The predicted molar refractivity (Wildman–Crippen MR) is 113 cm³/mol. The van der Waals surface area contributed by atoms with Gasteiger partial charge < -0.3 is 10.6 Å². The molecule has 0 bridgehead atoms. The van der Waals surface area contributed by atoms with Crippen LogP contribution in [0.1, 0.15) is 25.1 Å². The van der Waals surface area contributed by atoms with Crippen LogP contribution in [0.25, 0.3) is 16.8 Å². The van der Waals surface area contributed by atoms with Crippen LogP contribution in [0.3, 0.4) is 0 Å². The summed E-state index contributed by atoms with van der Waals surface area (Å²) in [5, 5.41) is 6.84. The highest BCUT2D eigenvalue weighted by atomic mass is 16.2. The first-order valence-electron chi connectivity index (χ1n) is 10.4. The molecule has 0 spiro atoms. The number of H-pyrrole nitrogens is 1. The summed E-state index contributed by atoms with van der Waals surface area (Å²) in [6.07, 6.45) is 5.40. The fourth-order valence-electron chi connectivity index (χ4n) is 4.16. The van der Waals surface area contributed by atoms with E-state index in [2.05, 4.69) is 15.2 Å². The van der Waals surface area contributed by atoms with Gasteiger partial charge in [-0.1, -0.05) is 12.1 Å². The van der Waals surface area contributed by atoms with Crippen molar-refractivity contribution in [2.24, 2.45) is 11.8 Å². The standard InChI is InChI=1S/C22H24N6O2/c23-19-8-5-17(12-24-19)15-3-6-18(7-4-15)28-20(25-26-22(28)30)11-14-9-10-27(13-14)21(29)16-1-2-16/h3-8,12,14,16H,1-2,9-11,13H2,(H2,23,24)(H,26,30). The van der Waals surface area contributed by atoms with Gasteiger partial charge in [0.1, 0.15) is 11.6 Å². The molecule has 1 aliphatic heterocycles. The minimum atomic E-state index is -0.254. The van der Waals surface area contributed by atoms with E-state index in [0.29, 0.717) is 29.9 Å². The van der Waals surface area contributed by atoms with Crippen LogP contribution in [0.4, 0.5) is 5.82 Å². The fourth-order valence-corrected chi connectivity index (χ4v) is 4.16. The molecule has 1 aromatic carbocycles. The van der Waals surface area contributed by atoms with Gasteiger partial charge in [-0.15, -0.1) is 0 Å². The van der Waals surface area contributed by atoms with Crippen LogP contribution in [-0.4, -0.2) is 43.6 Å². The Labute approximate surface area is 173 Å². The molecule has 1 aliphatic carbocycles. The van der Waals surface area contributed by atoms with Crippen molar-refractivity contribution in [2.45, 2.75) is 25.7 Å². The third-order valence-electron chi connectivity index (χ3n) is 5.98. The first-order chi connectivity index (χ1) is 14.6. The highest BCUT2D eigenvalue weighted by Gasteiger charge is 2.36. The van der Waals surface area contributed by atoms with Crippen LogP contribution in [0.2, 0.25) is 0 Å². The number of carbonyl (C=O) groups is 1. The number of aromatic amines is 1. The number of pyridine rings is 1. The molecule has 1 amide bonds. The number of benzene rings is 1.